The minimum absolute atomic E-state index is 0.252. The number of thiazole rings is 1. The van der Waals surface area contributed by atoms with Crippen molar-refractivity contribution >= 4 is 44.0 Å². The Hall–Kier alpha value is -1.20. The van der Waals surface area contributed by atoms with E-state index in [2.05, 4.69) is 36.3 Å². The van der Waals surface area contributed by atoms with Gasteiger partial charge in [-0.1, -0.05) is 11.3 Å². The van der Waals surface area contributed by atoms with E-state index in [-0.39, 0.29) is 5.11 Å². The molecule has 5 heteroatoms. The summed E-state index contributed by atoms with van der Waals surface area (Å²) in [7, 11) is 0. The lowest BCUT2D eigenvalue weighted by Crippen LogP contribution is -2.18. The third-order valence-electron chi connectivity index (χ3n) is 2.23. The number of fused-ring (bicyclic) bond motifs is 1. The maximum Gasteiger partial charge on any atom is 0.190 e. The maximum atomic E-state index is 5.39. The van der Waals surface area contributed by atoms with Gasteiger partial charge in [0.15, 0.2) is 10.2 Å². The average Bonchev–Trinajstić information content (AvgIpc) is 2.46. The Labute approximate surface area is 97.3 Å². The van der Waals surface area contributed by atoms with Crippen LogP contribution in [0.4, 0.5) is 5.13 Å². The minimum atomic E-state index is 0.252. The zero-order chi connectivity index (χ0) is 11.0. The average molecular weight is 237 g/mol. The molecule has 0 fully saturated rings. The van der Waals surface area contributed by atoms with Crippen LogP contribution in [0.15, 0.2) is 12.1 Å². The van der Waals surface area contributed by atoms with Gasteiger partial charge in [0, 0.05) is 0 Å². The Kier molecular flexibility index (Phi) is 2.58. The highest BCUT2D eigenvalue weighted by atomic mass is 32.1. The van der Waals surface area contributed by atoms with Crippen molar-refractivity contribution in [2.75, 3.05) is 5.32 Å². The number of hydrogen-bond donors (Lipinski definition) is 2. The minimum Gasteiger partial charge on any atom is -0.376 e. The summed E-state index contributed by atoms with van der Waals surface area (Å²) in [6.45, 7) is 4.17. The lowest BCUT2D eigenvalue weighted by atomic mass is 10.1. The molecule has 0 atom stereocenters. The van der Waals surface area contributed by atoms with Gasteiger partial charge in [-0.05, 0) is 49.3 Å². The smallest absolute Gasteiger partial charge is 0.190 e. The zero-order valence-corrected chi connectivity index (χ0v) is 10.1. The van der Waals surface area contributed by atoms with Gasteiger partial charge in [-0.15, -0.1) is 0 Å². The molecular formula is C10H11N3S2. The lowest BCUT2D eigenvalue weighted by molar-refractivity contribution is 1.35. The van der Waals surface area contributed by atoms with E-state index >= 15 is 0 Å². The SMILES string of the molecule is Cc1cc2nc(NC(N)=S)sc2cc1C. The fourth-order valence-corrected chi connectivity index (χ4v) is 2.46. The van der Waals surface area contributed by atoms with Crippen molar-refractivity contribution in [2.24, 2.45) is 5.73 Å². The molecule has 0 aliphatic carbocycles. The van der Waals surface area contributed by atoms with Gasteiger partial charge in [0.1, 0.15) is 0 Å². The Morgan fingerprint density at radius 2 is 2.07 bits per heavy atom. The molecule has 0 spiro atoms. The van der Waals surface area contributed by atoms with E-state index in [9.17, 15) is 0 Å². The molecule has 3 N–H and O–H groups in total. The molecule has 0 bridgehead atoms. The number of nitrogens with two attached hydrogens (primary N) is 1. The maximum absolute atomic E-state index is 5.39. The summed E-state index contributed by atoms with van der Waals surface area (Å²) in [5.41, 5.74) is 8.90. The Balaban J connectivity index is 2.51. The summed E-state index contributed by atoms with van der Waals surface area (Å²) in [6, 6.07) is 4.21. The van der Waals surface area contributed by atoms with Gasteiger partial charge in [-0.25, -0.2) is 4.98 Å². The van der Waals surface area contributed by atoms with Crippen LogP contribution in [0, 0.1) is 13.8 Å². The van der Waals surface area contributed by atoms with Crippen molar-refractivity contribution < 1.29 is 0 Å². The molecule has 1 aromatic heterocycles. The van der Waals surface area contributed by atoms with Crippen LogP contribution in [0.3, 0.4) is 0 Å². The fourth-order valence-electron chi connectivity index (χ4n) is 1.34. The predicted octanol–water partition coefficient (Wildman–Crippen LogP) is 2.57. The van der Waals surface area contributed by atoms with Gasteiger partial charge in [0.25, 0.3) is 0 Å². The van der Waals surface area contributed by atoms with E-state index in [1.54, 1.807) is 11.3 Å². The number of anilines is 1. The quantitative estimate of drug-likeness (QED) is 0.748. The molecule has 15 heavy (non-hydrogen) atoms. The van der Waals surface area contributed by atoms with Crippen LogP contribution in [-0.2, 0) is 0 Å². The molecule has 2 rings (SSSR count). The summed E-state index contributed by atoms with van der Waals surface area (Å²) >= 11 is 6.33. The summed E-state index contributed by atoms with van der Waals surface area (Å²) in [6.07, 6.45) is 0. The summed E-state index contributed by atoms with van der Waals surface area (Å²) in [4.78, 5) is 4.39. The fraction of sp³-hybridized carbons (Fsp3) is 0.200. The Bertz CT molecular complexity index is 492. The van der Waals surface area contributed by atoms with E-state index < -0.39 is 0 Å². The molecule has 3 nitrogen and oxygen atoms in total. The Morgan fingerprint density at radius 3 is 2.73 bits per heavy atom. The first-order valence-electron chi connectivity index (χ1n) is 4.50. The van der Waals surface area contributed by atoms with Gasteiger partial charge in [-0.3, -0.25) is 0 Å². The summed E-state index contributed by atoms with van der Waals surface area (Å²) < 4.78 is 1.15. The van der Waals surface area contributed by atoms with Crippen LogP contribution in [0.2, 0.25) is 0 Å². The standard InChI is InChI=1S/C10H11N3S2/c1-5-3-7-8(4-6(5)2)15-10(12-7)13-9(11)14/h3-4H,1-2H3,(H3,11,12,13,14). The van der Waals surface area contributed by atoms with E-state index in [1.165, 1.54) is 11.1 Å². The van der Waals surface area contributed by atoms with Crippen LogP contribution in [-0.4, -0.2) is 10.1 Å². The second kappa shape index (κ2) is 3.75. The number of benzene rings is 1. The van der Waals surface area contributed by atoms with E-state index in [1.807, 2.05) is 0 Å². The van der Waals surface area contributed by atoms with Crippen LogP contribution < -0.4 is 11.1 Å². The highest BCUT2D eigenvalue weighted by molar-refractivity contribution is 7.80. The van der Waals surface area contributed by atoms with E-state index in [0.29, 0.717) is 0 Å². The molecule has 0 aliphatic heterocycles. The molecule has 78 valence electrons. The van der Waals surface area contributed by atoms with Gasteiger partial charge < -0.3 is 11.1 Å². The van der Waals surface area contributed by atoms with Crippen molar-refractivity contribution in [1.82, 2.24) is 4.98 Å². The summed E-state index contributed by atoms with van der Waals surface area (Å²) in [5, 5.41) is 3.85. The van der Waals surface area contributed by atoms with Crippen molar-refractivity contribution in [3.05, 3.63) is 23.3 Å². The molecule has 0 saturated carbocycles. The number of rotatable bonds is 1. The van der Waals surface area contributed by atoms with Crippen LogP contribution in [0.5, 0.6) is 0 Å². The Morgan fingerprint density at radius 1 is 1.40 bits per heavy atom. The number of nitrogens with zero attached hydrogens (tertiary/aromatic N) is 1. The van der Waals surface area contributed by atoms with Gasteiger partial charge in [-0.2, -0.15) is 0 Å². The molecule has 0 amide bonds. The third-order valence-corrected chi connectivity index (χ3v) is 3.27. The van der Waals surface area contributed by atoms with Crippen molar-refractivity contribution in [3.63, 3.8) is 0 Å². The second-order valence-corrected chi connectivity index (χ2v) is 4.88. The number of nitrogens with one attached hydrogen (secondary N) is 1. The number of aromatic nitrogens is 1. The lowest BCUT2D eigenvalue weighted by Gasteiger charge is -1.96. The van der Waals surface area contributed by atoms with E-state index in [4.69, 9.17) is 18.0 Å². The zero-order valence-electron chi connectivity index (χ0n) is 8.50. The van der Waals surface area contributed by atoms with Crippen LogP contribution in [0.25, 0.3) is 10.2 Å². The van der Waals surface area contributed by atoms with Gasteiger partial charge in [0.05, 0.1) is 10.2 Å². The molecular weight excluding hydrogens is 226 g/mol. The number of thiocarbonyl (C=S) groups is 1. The first kappa shape index (κ1) is 10.3. The highest BCUT2D eigenvalue weighted by Gasteiger charge is 2.05. The monoisotopic (exact) mass is 237 g/mol. The topological polar surface area (TPSA) is 50.9 Å². The van der Waals surface area contributed by atoms with Crippen molar-refractivity contribution in [3.8, 4) is 0 Å². The van der Waals surface area contributed by atoms with Crippen LogP contribution in [0.1, 0.15) is 11.1 Å². The number of aryl methyl sites for hydroxylation is 2. The van der Waals surface area contributed by atoms with Crippen LogP contribution >= 0.6 is 23.6 Å². The normalized spacial score (nSPS) is 10.5. The number of hydrogen-bond acceptors (Lipinski definition) is 3. The molecule has 0 aliphatic rings. The largest absolute Gasteiger partial charge is 0.376 e. The molecule has 2 aromatic rings. The molecule has 1 heterocycles. The first-order chi connectivity index (χ1) is 7.06. The van der Waals surface area contributed by atoms with Gasteiger partial charge >= 0.3 is 0 Å². The molecule has 1 aromatic carbocycles. The third kappa shape index (κ3) is 2.08. The highest BCUT2D eigenvalue weighted by Crippen LogP contribution is 2.28. The van der Waals surface area contributed by atoms with E-state index in [0.717, 1.165) is 15.3 Å². The van der Waals surface area contributed by atoms with Gasteiger partial charge in [0.2, 0.25) is 0 Å². The van der Waals surface area contributed by atoms with Crippen molar-refractivity contribution in [1.29, 1.82) is 0 Å². The second-order valence-electron chi connectivity index (χ2n) is 3.41. The summed E-state index contributed by atoms with van der Waals surface area (Å²) in [5.74, 6) is 0. The molecule has 0 radical (unpaired) electrons. The molecule has 0 unspecified atom stereocenters. The van der Waals surface area contributed by atoms with Crippen molar-refractivity contribution in [2.45, 2.75) is 13.8 Å². The predicted molar refractivity (Wildman–Crippen MR) is 69.5 cm³/mol. The molecule has 0 saturated heterocycles. The first-order valence-corrected chi connectivity index (χ1v) is 5.73.